The maximum Gasteiger partial charge on any atom is 0.274 e. The number of amides is 1. The molecule has 1 aromatic heterocycles. The fourth-order valence-corrected chi connectivity index (χ4v) is 3.01. The van der Waals surface area contributed by atoms with Crippen LogP contribution in [0, 0.1) is 19.8 Å². The second kappa shape index (κ2) is 6.54. The summed E-state index contributed by atoms with van der Waals surface area (Å²) < 4.78 is 1.81. The zero-order chi connectivity index (χ0) is 16.4. The molecule has 0 bridgehead atoms. The molecule has 2 heterocycles. The fraction of sp³-hybridized carbons (Fsp3) is 0.444. The van der Waals surface area contributed by atoms with Crippen molar-refractivity contribution in [3.05, 3.63) is 47.3 Å². The number of rotatable bonds is 3. The summed E-state index contributed by atoms with van der Waals surface area (Å²) in [7, 11) is 0. The Morgan fingerprint density at radius 2 is 1.87 bits per heavy atom. The summed E-state index contributed by atoms with van der Waals surface area (Å²) in [5, 5.41) is 13.7. The Hall–Kier alpha value is -2.14. The summed E-state index contributed by atoms with van der Waals surface area (Å²) in [5.74, 6) is 0.307. The standard InChI is InChI=1S/C18H23N3O2/c1-13-3-5-16(6-4-13)21-14(2)11-17(19-21)18(23)20-9-7-15(12-22)8-10-20/h3-6,11,15,22H,7-10,12H2,1-2H3. The Labute approximate surface area is 136 Å². The zero-order valence-electron chi connectivity index (χ0n) is 13.7. The molecule has 1 aromatic carbocycles. The van der Waals surface area contributed by atoms with Gasteiger partial charge < -0.3 is 10.0 Å². The monoisotopic (exact) mass is 313 g/mol. The molecule has 122 valence electrons. The smallest absolute Gasteiger partial charge is 0.274 e. The molecule has 0 saturated carbocycles. The molecular formula is C18H23N3O2. The number of hydrogen-bond donors (Lipinski definition) is 1. The van der Waals surface area contributed by atoms with Crippen molar-refractivity contribution in [1.29, 1.82) is 0 Å². The molecule has 0 unspecified atom stereocenters. The first-order valence-corrected chi connectivity index (χ1v) is 8.12. The third-order valence-electron chi connectivity index (χ3n) is 4.55. The van der Waals surface area contributed by atoms with E-state index in [1.54, 1.807) is 0 Å². The van der Waals surface area contributed by atoms with Crippen LogP contribution < -0.4 is 0 Å². The summed E-state index contributed by atoms with van der Waals surface area (Å²) in [5.41, 5.74) is 3.60. The number of aliphatic hydroxyl groups excluding tert-OH is 1. The average molecular weight is 313 g/mol. The van der Waals surface area contributed by atoms with E-state index in [9.17, 15) is 9.90 Å². The van der Waals surface area contributed by atoms with Crippen LogP contribution in [0.25, 0.3) is 5.69 Å². The molecule has 0 atom stereocenters. The summed E-state index contributed by atoms with van der Waals surface area (Å²) in [6.07, 6.45) is 1.72. The van der Waals surface area contributed by atoms with Gasteiger partial charge >= 0.3 is 0 Å². The van der Waals surface area contributed by atoms with Gasteiger partial charge in [0, 0.05) is 25.4 Å². The summed E-state index contributed by atoms with van der Waals surface area (Å²) >= 11 is 0. The Kier molecular flexibility index (Phi) is 4.48. The lowest BCUT2D eigenvalue weighted by Crippen LogP contribution is -2.39. The maximum atomic E-state index is 12.6. The van der Waals surface area contributed by atoms with Crippen molar-refractivity contribution in [2.45, 2.75) is 26.7 Å². The maximum absolute atomic E-state index is 12.6. The molecule has 5 nitrogen and oxygen atoms in total. The lowest BCUT2D eigenvalue weighted by atomic mass is 9.98. The van der Waals surface area contributed by atoms with E-state index in [1.165, 1.54) is 5.56 Å². The molecule has 5 heteroatoms. The molecule has 2 aromatic rings. The van der Waals surface area contributed by atoms with Crippen LogP contribution in [-0.4, -0.2) is 45.4 Å². The van der Waals surface area contributed by atoms with Crippen molar-refractivity contribution in [1.82, 2.24) is 14.7 Å². The van der Waals surface area contributed by atoms with Crippen LogP contribution in [0.2, 0.25) is 0 Å². The third-order valence-corrected chi connectivity index (χ3v) is 4.55. The van der Waals surface area contributed by atoms with E-state index < -0.39 is 0 Å². The minimum Gasteiger partial charge on any atom is -0.396 e. The highest BCUT2D eigenvalue weighted by molar-refractivity contribution is 5.92. The van der Waals surface area contributed by atoms with Crippen molar-refractivity contribution in [3.8, 4) is 5.69 Å². The van der Waals surface area contributed by atoms with E-state index in [2.05, 4.69) is 5.10 Å². The number of aryl methyl sites for hydroxylation is 2. The van der Waals surface area contributed by atoms with E-state index in [0.717, 1.165) is 24.2 Å². The number of likely N-dealkylation sites (tertiary alicyclic amines) is 1. The second-order valence-corrected chi connectivity index (χ2v) is 6.34. The predicted molar refractivity (Wildman–Crippen MR) is 88.8 cm³/mol. The highest BCUT2D eigenvalue weighted by Gasteiger charge is 2.25. The van der Waals surface area contributed by atoms with Gasteiger partial charge in [0.25, 0.3) is 5.91 Å². The van der Waals surface area contributed by atoms with E-state index in [-0.39, 0.29) is 12.5 Å². The van der Waals surface area contributed by atoms with Crippen LogP contribution >= 0.6 is 0 Å². The first kappa shape index (κ1) is 15.7. The highest BCUT2D eigenvalue weighted by Crippen LogP contribution is 2.19. The first-order valence-electron chi connectivity index (χ1n) is 8.12. The van der Waals surface area contributed by atoms with Gasteiger partial charge in [-0.25, -0.2) is 4.68 Å². The normalized spacial score (nSPS) is 15.9. The van der Waals surface area contributed by atoms with Gasteiger partial charge in [-0.3, -0.25) is 4.79 Å². The quantitative estimate of drug-likeness (QED) is 0.946. The van der Waals surface area contributed by atoms with Crippen LogP contribution in [0.4, 0.5) is 0 Å². The molecular weight excluding hydrogens is 290 g/mol. The number of carbonyl (C=O) groups excluding carboxylic acids is 1. The van der Waals surface area contributed by atoms with Crippen LogP contribution in [0.5, 0.6) is 0 Å². The van der Waals surface area contributed by atoms with E-state index in [4.69, 9.17) is 0 Å². The van der Waals surface area contributed by atoms with E-state index in [0.29, 0.717) is 24.7 Å². The van der Waals surface area contributed by atoms with Crippen molar-refractivity contribution in [2.24, 2.45) is 5.92 Å². The van der Waals surface area contributed by atoms with Crippen molar-refractivity contribution in [3.63, 3.8) is 0 Å². The molecule has 1 aliphatic rings. The molecule has 1 N–H and O–H groups in total. The zero-order valence-corrected chi connectivity index (χ0v) is 13.7. The number of carbonyl (C=O) groups is 1. The topological polar surface area (TPSA) is 58.4 Å². The molecule has 1 saturated heterocycles. The van der Waals surface area contributed by atoms with Gasteiger partial charge in [0.1, 0.15) is 0 Å². The van der Waals surface area contributed by atoms with Gasteiger partial charge in [-0.2, -0.15) is 5.10 Å². The Bertz CT molecular complexity index is 683. The van der Waals surface area contributed by atoms with Gasteiger partial charge in [0.05, 0.1) is 5.69 Å². The molecule has 0 aliphatic carbocycles. The molecule has 1 fully saturated rings. The molecule has 3 rings (SSSR count). The number of aliphatic hydroxyl groups is 1. The lowest BCUT2D eigenvalue weighted by molar-refractivity contribution is 0.0644. The van der Waals surface area contributed by atoms with Crippen LogP contribution in [-0.2, 0) is 0 Å². The lowest BCUT2D eigenvalue weighted by Gasteiger charge is -2.30. The predicted octanol–water partition coefficient (Wildman–Crippen LogP) is 2.33. The third kappa shape index (κ3) is 3.29. The Morgan fingerprint density at radius 1 is 1.22 bits per heavy atom. The van der Waals surface area contributed by atoms with Crippen LogP contribution in [0.3, 0.4) is 0 Å². The Balaban J connectivity index is 1.78. The van der Waals surface area contributed by atoms with E-state index in [1.807, 2.05) is 53.8 Å². The van der Waals surface area contributed by atoms with Crippen molar-refractivity contribution < 1.29 is 9.90 Å². The SMILES string of the molecule is Cc1ccc(-n2nc(C(=O)N3CCC(CO)CC3)cc2C)cc1. The minimum absolute atomic E-state index is 0.0182. The summed E-state index contributed by atoms with van der Waals surface area (Å²) in [4.78, 5) is 14.5. The van der Waals surface area contributed by atoms with Gasteiger partial charge in [-0.15, -0.1) is 0 Å². The van der Waals surface area contributed by atoms with Crippen LogP contribution in [0.15, 0.2) is 30.3 Å². The van der Waals surface area contributed by atoms with Gasteiger partial charge in [0.2, 0.25) is 0 Å². The van der Waals surface area contributed by atoms with Gasteiger partial charge in [-0.1, -0.05) is 17.7 Å². The van der Waals surface area contributed by atoms with Crippen LogP contribution in [0.1, 0.15) is 34.6 Å². The van der Waals surface area contributed by atoms with E-state index >= 15 is 0 Å². The highest BCUT2D eigenvalue weighted by atomic mass is 16.3. The van der Waals surface area contributed by atoms with Crippen molar-refractivity contribution in [2.75, 3.05) is 19.7 Å². The summed E-state index contributed by atoms with van der Waals surface area (Å²) in [6, 6.07) is 9.95. The Morgan fingerprint density at radius 3 is 2.48 bits per heavy atom. The number of piperidine rings is 1. The molecule has 1 amide bonds. The largest absolute Gasteiger partial charge is 0.396 e. The molecule has 0 radical (unpaired) electrons. The number of benzene rings is 1. The van der Waals surface area contributed by atoms with Gasteiger partial charge in [-0.05, 0) is 50.8 Å². The molecule has 0 spiro atoms. The number of nitrogens with zero attached hydrogens (tertiary/aromatic N) is 3. The van der Waals surface area contributed by atoms with Gasteiger partial charge in [0.15, 0.2) is 5.69 Å². The average Bonchev–Trinajstić information content (AvgIpc) is 2.97. The minimum atomic E-state index is -0.0182. The first-order chi connectivity index (χ1) is 11.1. The fourth-order valence-electron chi connectivity index (χ4n) is 3.01. The molecule has 1 aliphatic heterocycles. The number of aromatic nitrogens is 2. The summed E-state index contributed by atoms with van der Waals surface area (Å²) in [6.45, 7) is 5.61. The number of hydrogen-bond acceptors (Lipinski definition) is 3. The second-order valence-electron chi connectivity index (χ2n) is 6.34. The molecule has 23 heavy (non-hydrogen) atoms. The van der Waals surface area contributed by atoms with Crippen molar-refractivity contribution >= 4 is 5.91 Å².